The van der Waals surface area contributed by atoms with E-state index >= 15 is 0 Å². The molecule has 1 radical (unpaired) electrons. The van der Waals surface area contributed by atoms with E-state index in [0.29, 0.717) is 65.4 Å². The first kappa shape index (κ1) is 30.6. The van der Waals surface area contributed by atoms with Crippen LogP contribution in [0.5, 0.6) is 0 Å². The van der Waals surface area contributed by atoms with Crippen LogP contribution in [0.1, 0.15) is 51.2 Å². The van der Waals surface area contributed by atoms with Gasteiger partial charge in [0.2, 0.25) is 0 Å². The van der Waals surface area contributed by atoms with Crippen molar-refractivity contribution in [3.8, 4) is 0 Å². The van der Waals surface area contributed by atoms with E-state index in [1.165, 1.54) is 0 Å². The van der Waals surface area contributed by atoms with Gasteiger partial charge in [0, 0.05) is 0 Å². The summed E-state index contributed by atoms with van der Waals surface area (Å²) in [5.41, 5.74) is 3.07. The molecule has 0 aliphatic rings. The second-order valence-electron chi connectivity index (χ2n) is 7.45. The van der Waals surface area contributed by atoms with E-state index in [9.17, 15) is 14.4 Å². The molecule has 3 N–H and O–H groups in total. The molecule has 0 bridgehead atoms. The molecule has 13 heteroatoms. The second-order valence-corrected chi connectivity index (χ2v) is 7.45. The summed E-state index contributed by atoms with van der Waals surface area (Å²) in [5.74, 6) is 0. The van der Waals surface area contributed by atoms with E-state index in [0.717, 1.165) is 0 Å². The molecule has 0 unspecified atom stereocenters. The van der Waals surface area contributed by atoms with E-state index < -0.39 is 16.7 Å². The molecule has 12 nitrogen and oxygen atoms in total. The Kier molecular flexibility index (Phi) is 10.9. The molecule has 0 saturated heterocycles. The van der Waals surface area contributed by atoms with E-state index in [-0.39, 0.29) is 17.1 Å². The Labute approximate surface area is 206 Å². The van der Waals surface area contributed by atoms with Crippen LogP contribution in [-0.2, 0) is 17.1 Å². The van der Waals surface area contributed by atoms with Crippen LogP contribution in [0.4, 0.5) is 0 Å². The fourth-order valence-corrected chi connectivity index (χ4v) is 2.52. The molecule has 0 aliphatic heterocycles. The molecular weight excluding hydrogens is 488 g/mol. The van der Waals surface area contributed by atoms with Crippen LogP contribution in [-0.4, -0.2) is 44.8 Å². The van der Waals surface area contributed by atoms with Gasteiger partial charge in [0.05, 0.1) is 34.2 Å². The summed E-state index contributed by atoms with van der Waals surface area (Å²) >= 11 is 0. The van der Waals surface area contributed by atoms with Gasteiger partial charge in [-0.3, -0.25) is 29.3 Å². The molecular formula is C21H30FeN6O6+3. The van der Waals surface area contributed by atoms with Crippen LogP contribution in [0.25, 0.3) is 0 Å². The zero-order valence-corrected chi connectivity index (χ0v) is 21.7. The van der Waals surface area contributed by atoms with Crippen molar-refractivity contribution in [3.05, 3.63) is 82.3 Å². The van der Waals surface area contributed by atoms with Gasteiger partial charge in [-0.2, -0.15) is 0 Å². The second kappa shape index (κ2) is 12.1. The van der Waals surface area contributed by atoms with Gasteiger partial charge in [-0.05, 0) is 62.3 Å². The quantitative estimate of drug-likeness (QED) is 0.293. The fraction of sp³-hybridized carbons (Fsp3) is 0.429. The SMILES string of the molecule is Cc1nc(C)c(=O)n(O)c1C.Cc1nc(C)c(=O)n(O)c1C.Cc1nc(C)c(=O)n(O)c1C.[Fe+3]. The molecule has 3 rings (SSSR count). The topological polar surface area (TPSA) is 165 Å². The maximum absolute atomic E-state index is 11.0. The maximum Gasteiger partial charge on any atom is 3.00 e. The van der Waals surface area contributed by atoms with Crippen LogP contribution in [0, 0.1) is 62.3 Å². The normalized spacial score (nSPS) is 9.79. The molecule has 0 fully saturated rings. The third-order valence-corrected chi connectivity index (χ3v) is 5.04. The van der Waals surface area contributed by atoms with Crippen LogP contribution >= 0.6 is 0 Å². The first-order valence-corrected chi connectivity index (χ1v) is 9.90. The minimum atomic E-state index is -0.451. The zero-order chi connectivity index (χ0) is 25.8. The third kappa shape index (κ3) is 6.78. The van der Waals surface area contributed by atoms with E-state index in [2.05, 4.69) is 15.0 Å². The predicted molar refractivity (Wildman–Crippen MR) is 120 cm³/mol. The van der Waals surface area contributed by atoms with Crippen molar-refractivity contribution in [2.24, 2.45) is 0 Å². The van der Waals surface area contributed by atoms with Crippen LogP contribution in [0.3, 0.4) is 0 Å². The van der Waals surface area contributed by atoms with Gasteiger partial charge < -0.3 is 15.6 Å². The summed E-state index contributed by atoms with van der Waals surface area (Å²) in [6, 6.07) is 0. The summed E-state index contributed by atoms with van der Waals surface area (Å²) in [6.07, 6.45) is 0. The monoisotopic (exact) mass is 518 g/mol. The molecule has 0 atom stereocenters. The zero-order valence-electron chi connectivity index (χ0n) is 20.6. The Morgan fingerprint density at radius 3 is 0.794 bits per heavy atom. The number of aromatic nitrogens is 6. The third-order valence-electron chi connectivity index (χ3n) is 5.04. The van der Waals surface area contributed by atoms with Gasteiger partial charge in [0.25, 0.3) is 0 Å². The fourth-order valence-electron chi connectivity index (χ4n) is 2.52. The molecule has 185 valence electrons. The van der Waals surface area contributed by atoms with Crippen molar-refractivity contribution in [3.63, 3.8) is 0 Å². The smallest absolute Gasteiger partial charge is 0.425 e. The molecule has 3 aromatic heterocycles. The van der Waals surface area contributed by atoms with Crippen molar-refractivity contribution in [2.45, 2.75) is 62.3 Å². The number of aryl methyl sites for hydroxylation is 6. The first-order valence-electron chi connectivity index (χ1n) is 9.90. The maximum atomic E-state index is 11.0. The first-order chi connectivity index (χ1) is 15.1. The molecule has 3 aromatic rings. The Morgan fingerprint density at radius 1 is 0.441 bits per heavy atom. The summed E-state index contributed by atoms with van der Waals surface area (Å²) in [7, 11) is 0. The van der Waals surface area contributed by atoms with Gasteiger partial charge in [-0.15, -0.1) is 14.2 Å². The van der Waals surface area contributed by atoms with Crippen LogP contribution < -0.4 is 16.7 Å². The predicted octanol–water partition coefficient (Wildman–Crippen LogP) is 1.22. The minimum absolute atomic E-state index is 0. The van der Waals surface area contributed by atoms with Gasteiger partial charge in [0.1, 0.15) is 17.1 Å². The van der Waals surface area contributed by atoms with Gasteiger partial charge in [-0.1, -0.05) is 0 Å². The summed E-state index contributed by atoms with van der Waals surface area (Å²) < 4.78 is 1.87. The number of rotatable bonds is 0. The van der Waals surface area contributed by atoms with Crippen molar-refractivity contribution >= 4 is 0 Å². The van der Waals surface area contributed by atoms with Gasteiger partial charge in [-0.25, -0.2) is 0 Å². The molecule has 0 spiro atoms. The largest absolute Gasteiger partial charge is 3.00 e. The molecule has 0 aromatic carbocycles. The van der Waals surface area contributed by atoms with Crippen molar-refractivity contribution < 1.29 is 32.7 Å². The molecule has 0 aliphatic carbocycles. The molecule has 3 heterocycles. The molecule has 0 amide bonds. The van der Waals surface area contributed by atoms with Crippen LogP contribution in [0.2, 0.25) is 0 Å². The van der Waals surface area contributed by atoms with E-state index in [1.807, 2.05) is 0 Å². The summed E-state index contributed by atoms with van der Waals surface area (Å²) in [4.78, 5) is 44.8. The van der Waals surface area contributed by atoms with Gasteiger partial charge in [0.15, 0.2) is 0 Å². The number of hydrogen-bond donors (Lipinski definition) is 3. The Hall–Kier alpha value is -3.44. The Balaban J connectivity index is 0.000000473. The average molecular weight is 518 g/mol. The van der Waals surface area contributed by atoms with E-state index in [1.54, 1.807) is 62.3 Å². The standard InChI is InChI=1S/3C7H10N2O2.Fe/c3*1-4-6(3)9(11)7(10)5(2)8-4;/h3*11H,1-3H3;/q;;;+3. The number of nitrogens with zero attached hydrogens (tertiary/aromatic N) is 6. The Morgan fingerprint density at radius 2 is 0.618 bits per heavy atom. The summed E-state index contributed by atoms with van der Waals surface area (Å²) in [5, 5.41) is 27.4. The van der Waals surface area contributed by atoms with Crippen LogP contribution in [0.15, 0.2) is 14.4 Å². The van der Waals surface area contributed by atoms with E-state index in [4.69, 9.17) is 15.6 Å². The minimum Gasteiger partial charge on any atom is -0.425 e. The molecule has 0 saturated carbocycles. The number of hydrogen-bond acceptors (Lipinski definition) is 9. The van der Waals surface area contributed by atoms with Crippen molar-refractivity contribution in [2.75, 3.05) is 0 Å². The average Bonchev–Trinajstić information content (AvgIpc) is 2.77. The summed E-state index contributed by atoms with van der Waals surface area (Å²) in [6.45, 7) is 14.9. The Bertz CT molecular complexity index is 1190. The molecule has 34 heavy (non-hydrogen) atoms. The van der Waals surface area contributed by atoms with Gasteiger partial charge >= 0.3 is 33.7 Å². The van der Waals surface area contributed by atoms with Crippen molar-refractivity contribution in [1.82, 2.24) is 29.1 Å². The van der Waals surface area contributed by atoms with Crippen molar-refractivity contribution in [1.29, 1.82) is 0 Å².